The maximum atomic E-state index is 13.2. The van der Waals surface area contributed by atoms with E-state index in [-0.39, 0.29) is 17.2 Å². The van der Waals surface area contributed by atoms with Gasteiger partial charge in [-0.2, -0.15) is 5.26 Å². The van der Waals surface area contributed by atoms with Crippen molar-refractivity contribution >= 4 is 44.9 Å². The van der Waals surface area contributed by atoms with E-state index in [1.807, 2.05) is 6.92 Å². The van der Waals surface area contributed by atoms with Crippen LogP contribution < -0.4 is 10.9 Å². The van der Waals surface area contributed by atoms with E-state index in [0.29, 0.717) is 28.9 Å². The summed E-state index contributed by atoms with van der Waals surface area (Å²) < 4.78 is 1.67. The molecule has 8 heteroatoms. The van der Waals surface area contributed by atoms with Crippen LogP contribution in [-0.2, 0) is 24.2 Å². The molecule has 0 saturated heterocycles. The van der Waals surface area contributed by atoms with Crippen LogP contribution in [0.4, 0.5) is 5.69 Å². The molecular formula is C22H22N4O2S2. The van der Waals surface area contributed by atoms with Crippen molar-refractivity contribution in [3.63, 3.8) is 0 Å². The standard InChI is InChI=1S/C22H22N4O2S2/c1-3-26-21(28)19-16-9-4-13(2)10-17(16)30-20(19)25-22(26)29-12-18(27)24-15-7-5-14(11-23)6-8-15/h5-8,13H,3-4,9-10,12H2,1-2H3,(H,24,27). The average Bonchev–Trinajstić information content (AvgIpc) is 3.10. The zero-order valence-electron chi connectivity index (χ0n) is 16.9. The molecule has 1 aliphatic carbocycles. The lowest BCUT2D eigenvalue weighted by Crippen LogP contribution is -2.24. The summed E-state index contributed by atoms with van der Waals surface area (Å²) in [7, 11) is 0. The molecule has 1 aromatic carbocycles. The van der Waals surface area contributed by atoms with Crippen molar-refractivity contribution < 1.29 is 4.79 Å². The van der Waals surface area contributed by atoms with E-state index in [4.69, 9.17) is 10.2 Å². The molecule has 154 valence electrons. The molecule has 4 rings (SSSR count). The normalized spacial score (nSPS) is 15.6. The Bertz CT molecular complexity index is 1210. The number of hydrogen-bond acceptors (Lipinski definition) is 6. The van der Waals surface area contributed by atoms with Crippen LogP contribution in [0.1, 0.15) is 36.3 Å². The van der Waals surface area contributed by atoms with Gasteiger partial charge in [0.25, 0.3) is 5.56 Å². The molecule has 2 heterocycles. The van der Waals surface area contributed by atoms with Crippen LogP contribution >= 0.6 is 23.1 Å². The number of aromatic nitrogens is 2. The van der Waals surface area contributed by atoms with Crippen LogP contribution in [0.3, 0.4) is 0 Å². The van der Waals surface area contributed by atoms with E-state index in [0.717, 1.165) is 29.5 Å². The largest absolute Gasteiger partial charge is 0.325 e. The molecule has 0 bridgehead atoms. The zero-order chi connectivity index (χ0) is 21.3. The van der Waals surface area contributed by atoms with Crippen molar-refractivity contribution in [2.24, 2.45) is 5.92 Å². The fraction of sp³-hybridized carbons (Fsp3) is 0.364. The highest BCUT2D eigenvalue weighted by atomic mass is 32.2. The number of benzene rings is 1. The van der Waals surface area contributed by atoms with Gasteiger partial charge in [0.2, 0.25) is 5.91 Å². The van der Waals surface area contributed by atoms with Crippen molar-refractivity contribution in [2.45, 2.75) is 44.8 Å². The lowest BCUT2D eigenvalue weighted by Gasteiger charge is -2.17. The first-order valence-electron chi connectivity index (χ1n) is 9.98. The first-order valence-corrected chi connectivity index (χ1v) is 11.8. The Labute approximate surface area is 182 Å². The zero-order valence-corrected chi connectivity index (χ0v) is 18.5. The minimum atomic E-state index is -0.180. The highest BCUT2D eigenvalue weighted by Crippen LogP contribution is 2.36. The van der Waals surface area contributed by atoms with Crippen molar-refractivity contribution in [1.82, 2.24) is 9.55 Å². The molecule has 0 radical (unpaired) electrons. The maximum absolute atomic E-state index is 13.2. The van der Waals surface area contributed by atoms with Gasteiger partial charge >= 0.3 is 0 Å². The van der Waals surface area contributed by atoms with Crippen molar-refractivity contribution in [1.29, 1.82) is 5.26 Å². The van der Waals surface area contributed by atoms with Crippen LogP contribution in [0.2, 0.25) is 0 Å². The number of nitrogens with zero attached hydrogens (tertiary/aromatic N) is 3. The van der Waals surface area contributed by atoms with Gasteiger partial charge in [-0.1, -0.05) is 18.7 Å². The Morgan fingerprint density at radius 2 is 2.17 bits per heavy atom. The highest BCUT2D eigenvalue weighted by Gasteiger charge is 2.24. The monoisotopic (exact) mass is 438 g/mol. The summed E-state index contributed by atoms with van der Waals surface area (Å²) >= 11 is 2.90. The Hall–Kier alpha value is -2.63. The fourth-order valence-corrected chi connectivity index (χ4v) is 6.04. The molecule has 1 aliphatic rings. The van der Waals surface area contributed by atoms with Gasteiger partial charge in [-0.25, -0.2) is 4.98 Å². The molecule has 0 saturated carbocycles. The Morgan fingerprint density at radius 1 is 1.40 bits per heavy atom. The molecule has 1 amide bonds. The molecule has 2 aromatic heterocycles. The molecule has 1 atom stereocenters. The summed E-state index contributed by atoms with van der Waals surface area (Å²) in [6.45, 7) is 4.69. The predicted octanol–water partition coefficient (Wildman–Crippen LogP) is 4.21. The Morgan fingerprint density at radius 3 is 2.87 bits per heavy atom. The quantitative estimate of drug-likeness (QED) is 0.476. The topological polar surface area (TPSA) is 87.8 Å². The van der Waals surface area contributed by atoms with Crippen LogP contribution in [0.25, 0.3) is 10.2 Å². The maximum Gasteiger partial charge on any atom is 0.263 e. The van der Waals surface area contributed by atoms with E-state index in [1.54, 1.807) is 40.2 Å². The third-order valence-electron chi connectivity index (χ3n) is 5.33. The summed E-state index contributed by atoms with van der Waals surface area (Å²) in [4.78, 5) is 32.4. The third-order valence-corrected chi connectivity index (χ3v) is 7.45. The van der Waals surface area contributed by atoms with Gasteiger partial charge in [0.05, 0.1) is 22.8 Å². The number of rotatable bonds is 5. The lowest BCUT2D eigenvalue weighted by atomic mass is 9.89. The second kappa shape index (κ2) is 8.62. The van der Waals surface area contributed by atoms with E-state index in [2.05, 4.69) is 18.3 Å². The second-order valence-electron chi connectivity index (χ2n) is 7.50. The fourth-order valence-electron chi connectivity index (χ4n) is 3.75. The number of aryl methyl sites for hydroxylation is 1. The number of carbonyl (C=O) groups is 1. The smallest absolute Gasteiger partial charge is 0.263 e. The third kappa shape index (κ3) is 4.00. The SMILES string of the molecule is CCn1c(SCC(=O)Nc2ccc(C#N)cc2)nc2sc3c(c2c1=O)CCC(C)C3. The highest BCUT2D eigenvalue weighted by molar-refractivity contribution is 7.99. The minimum absolute atomic E-state index is 0.00422. The van der Waals surface area contributed by atoms with Crippen LogP contribution in [-0.4, -0.2) is 21.2 Å². The van der Waals surface area contributed by atoms with Gasteiger partial charge in [-0.15, -0.1) is 11.3 Å². The molecule has 6 nitrogen and oxygen atoms in total. The van der Waals surface area contributed by atoms with E-state index < -0.39 is 0 Å². The molecule has 0 aliphatic heterocycles. The number of hydrogen-bond donors (Lipinski definition) is 1. The van der Waals surface area contributed by atoms with Gasteiger partial charge in [0.15, 0.2) is 5.16 Å². The molecule has 0 spiro atoms. The van der Waals surface area contributed by atoms with Gasteiger partial charge in [-0.05, 0) is 61.9 Å². The van der Waals surface area contributed by atoms with E-state index in [1.165, 1.54) is 22.2 Å². The molecule has 30 heavy (non-hydrogen) atoms. The molecule has 3 aromatic rings. The second-order valence-corrected chi connectivity index (χ2v) is 9.53. The molecule has 1 unspecified atom stereocenters. The summed E-state index contributed by atoms with van der Waals surface area (Å²) in [5.74, 6) is 0.611. The summed E-state index contributed by atoms with van der Waals surface area (Å²) in [5, 5.41) is 13.0. The molecule has 1 N–H and O–H groups in total. The molecule has 0 fully saturated rings. The number of amides is 1. The Kier molecular flexibility index (Phi) is 5.93. The van der Waals surface area contributed by atoms with E-state index >= 15 is 0 Å². The number of thiophene rings is 1. The molecular weight excluding hydrogens is 416 g/mol. The van der Waals surface area contributed by atoms with Gasteiger partial charge in [0, 0.05) is 17.1 Å². The summed E-state index contributed by atoms with van der Waals surface area (Å²) in [5.41, 5.74) is 2.36. The van der Waals surface area contributed by atoms with Crippen LogP contribution in [0, 0.1) is 17.2 Å². The van der Waals surface area contributed by atoms with Crippen LogP contribution in [0.15, 0.2) is 34.2 Å². The van der Waals surface area contributed by atoms with Crippen LogP contribution in [0.5, 0.6) is 0 Å². The predicted molar refractivity (Wildman–Crippen MR) is 121 cm³/mol. The van der Waals surface area contributed by atoms with Gasteiger partial charge in [-0.3, -0.25) is 14.2 Å². The minimum Gasteiger partial charge on any atom is -0.325 e. The van der Waals surface area contributed by atoms with Gasteiger partial charge in [0.1, 0.15) is 4.83 Å². The number of carbonyl (C=O) groups excluding carboxylic acids is 1. The first kappa shape index (κ1) is 20.6. The lowest BCUT2D eigenvalue weighted by molar-refractivity contribution is -0.113. The van der Waals surface area contributed by atoms with E-state index in [9.17, 15) is 9.59 Å². The number of anilines is 1. The summed E-state index contributed by atoms with van der Waals surface area (Å²) in [6.07, 6.45) is 3.06. The summed E-state index contributed by atoms with van der Waals surface area (Å²) in [6, 6.07) is 8.77. The number of nitrogens with one attached hydrogen (secondary N) is 1. The average molecular weight is 439 g/mol. The number of thioether (sulfide) groups is 1. The van der Waals surface area contributed by atoms with Crippen molar-refractivity contribution in [3.05, 3.63) is 50.6 Å². The van der Waals surface area contributed by atoms with Crippen molar-refractivity contribution in [2.75, 3.05) is 11.1 Å². The number of fused-ring (bicyclic) bond motifs is 3. The Balaban J connectivity index is 1.55. The number of nitriles is 1. The van der Waals surface area contributed by atoms with Gasteiger partial charge < -0.3 is 5.32 Å². The first-order chi connectivity index (χ1) is 14.5. The van der Waals surface area contributed by atoms with Crippen molar-refractivity contribution in [3.8, 4) is 6.07 Å².